The van der Waals surface area contributed by atoms with Crippen LogP contribution in [0.3, 0.4) is 0 Å². The van der Waals surface area contributed by atoms with E-state index in [2.05, 4.69) is 17.4 Å². The molecule has 2 aliphatic heterocycles. The minimum Gasteiger partial charge on any atom is -0.381 e. The molecule has 1 fully saturated rings. The minimum absolute atomic E-state index is 0.0143. The van der Waals surface area contributed by atoms with E-state index < -0.39 is 0 Å². The van der Waals surface area contributed by atoms with E-state index in [1.165, 1.54) is 11.1 Å². The van der Waals surface area contributed by atoms with Gasteiger partial charge in [-0.3, -0.25) is 0 Å². The summed E-state index contributed by atoms with van der Waals surface area (Å²) >= 11 is 0. The van der Waals surface area contributed by atoms with Gasteiger partial charge in [-0.05, 0) is 24.0 Å². The molecule has 0 saturated carbocycles. The summed E-state index contributed by atoms with van der Waals surface area (Å²) in [5.74, 6) is 0.553. The van der Waals surface area contributed by atoms with Crippen molar-refractivity contribution in [1.29, 1.82) is 0 Å². The fraction of sp³-hybridized carbons (Fsp3) is 0.588. The maximum Gasteiger partial charge on any atom is 0.318 e. The van der Waals surface area contributed by atoms with Crippen molar-refractivity contribution in [3.05, 3.63) is 35.4 Å². The molecule has 5 heteroatoms. The Kier molecular flexibility index (Phi) is 5.29. The van der Waals surface area contributed by atoms with Crippen molar-refractivity contribution in [1.82, 2.24) is 10.2 Å². The Morgan fingerprint density at radius 1 is 1.32 bits per heavy atom. The van der Waals surface area contributed by atoms with Crippen LogP contribution in [0, 0.1) is 5.92 Å². The molecule has 0 aliphatic carbocycles. The van der Waals surface area contributed by atoms with Crippen LogP contribution in [0.1, 0.15) is 24.0 Å². The number of amides is 2. The molecule has 1 unspecified atom stereocenters. The Morgan fingerprint density at radius 3 is 2.77 bits per heavy atom. The molecule has 2 aliphatic rings. The minimum atomic E-state index is 0.0143. The van der Waals surface area contributed by atoms with E-state index >= 15 is 0 Å². The van der Waals surface area contributed by atoms with E-state index in [9.17, 15) is 4.79 Å². The molecule has 0 aromatic heterocycles. The molecule has 1 saturated heterocycles. The number of carbonyl (C=O) groups is 1. The van der Waals surface area contributed by atoms with Gasteiger partial charge in [0, 0.05) is 38.8 Å². The zero-order chi connectivity index (χ0) is 15.2. The Balaban J connectivity index is 1.27. The van der Waals surface area contributed by atoms with Gasteiger partial charge in [-0.15, -0.1) is 0 Å². The predicted molar refractivity (Wildman–Crippen MR) is 83.4 cm³/mol. The van der Waals surface area contributed by atoms with Crippen LogP contribution in [-0.4, -0.2) is 43.9 Å². The van der Waals surface area contributed by atoms with Crippen molar-refractivity contribution >= 4 is 6.03 Å². The van der Waals surface area contributed by atoms with Crippen LogP contribution >= 0.6 is 0 Å². The molecule has 0 radical (unpaired) electrons. The Labute approximate surface area is 131 Å². The van der Waals surface area contributed by atoms with Gasteiger partial charge >= 0.3 is 6.03 Å². The zero-order valence-electron chi connectivity index (χ0n) is 12.9. The van der Waals surface area contributed by atoms with Gasteiger partial charge in [0.1, 0.15) is 0 Å². The Hall–Kier alpha value is -1.59. The van der Waals surface area contributed by atoms with Gasteiger partial charge in [-0.1, -0.05) is 24.3 Å². The summed E-state index contributed by atoms with van der Waals surface area (Å²) in [7, 11) is 0. The number of nitrogens with one attached hydrogen (secondary N) is 1. The molecule has 1 N–H and O–H groups in total. The number of hydrogen-bond donors (Lipinski definition) is 1. The topological polar surface area (TPSA) is 50.8 Å². The third kappa shape index (κ3) is 3.99. The molecular formula is C17H24N2O3. The first-order chi connectivity index (χ1) is 10.8. The van der Waals surface area contributed by atoms with E-state index in [0.717, 1.165) is 32.7 Å². The molecule has 2 amide bonds. The number of carbonyl (C=O) groups excluding carboxylic acids is 1. The highest BCUT2D eigenvalue weighted by atomic mass is 16.5. The fourth-order valence-electron chi connectivity index (χ4n) is 2.92. The standard InChI is InChI=1S/C17H24N2O3/c20-17(19-10-15-4-1-2-5-16(15)11-19)18-7-3-8-21-12-14-6-9-22-13-14/h1-2,4-5,14H,3,6-13H2,(H,18,20). The molecule has 22 heavy (non-hydrogen) atoms. The summed E-state index contributed by atoms with van der Waals surface area (Å²) in [6, 6.07) is 8.23. The van der Waals surface area contributed by atoms with E-state index in [1.54, 1.807) is 0 Å². The second kappa shape index (κ2) is 7.61. The van der Waals surface area contributed by atoms with Crippen LogP contribution in [0.4, 0.5) is 4.79 Å². The third-order valence-corrected chi connectivity index (χ3v) is 4.25. The van der Waals surface area contributed by atoms with E-state index in [4.69, 9.17) is 9.47 Å². The first-order valence-corrected chi connectivity index (χ1v) is 8.08. The first-order valence-electron chi connectivity index (χ1n) is 8.08. The zero-order valence-corrected chi connectivity index (χ0v) is 12.9. The van der Waals surface area contributed by atoms with Crippen LogP contribution in [0.15, 0.2) is 24.3 Å². The average molecular weight is 304 g/mol. The molecule has 1 atom stereocenters. The lowest BCUT2D eigenvalue weighted by molar-refractivity contribution is 0.0883. The van der Waals surface area contributed by atoms with Crippen molar-refractivity contribution in [2.24, 2.45) is 5.92 Å². The van der Waals surface area contributed by atoms with Gasteiger partial charge < -0.3 is 19.7 Å². The molecule has 120 valence electrons. The highest BCUT2D eigenvalue weighted by Gasteiger charge is 2.22. The van der Waals surface area contributed by atoms with Crippen molar-refractivity contribution < 1.29 is 14.3 Å². The second-order valence-electron chi connectivity index (χ2n) is 6.01. The number of fused-ring (bicyclic) bond motifs is 1. The van der Waals surface area contributed by atoms with Crippen LogP contribution in [0.2, 0.25) is 0 Å². The first kappa shape index (κ1) is 15.3. The van der Waals surface area contributed by atoms with Crippen molar-refractivity contribution in [2.75, 3.05) is 33.0 Å². The average Bonchev–Trinajstić information content (AvgIpc) is 3.19. The Morgan fingerprint density at radius 2 is 2.09 bits per heavy atom. The largest absolute Gasteiger partial charge is 0.381 e. The maximum atomic E-state index is 12.1. The lowest BCUT2D eigenvalue weighted by Crippen LogP contribution is -2.37. The quantitative estimate of drug-likeness (QED) is 0.819. The van der Waals surface area contributed by atoms with E-state index in [-0.39, 0.29) is 6.03 Å². The number of benzene rings is 1. The SMILES string of the molecule is O=C(NCCCOCC1CCOC1)N1Cc2ccccc2C1. The normalized spacial score (nSPS) is 20.2. The summed E-state index contributed by atoms with van der Waals surface area (Å²) in [6.45, 7) is 5.23. The van der Waals surface area contributed by atoms with E-state index in [1.807, 2.05) is 17.0 Å². The number of urea groups is 1. The van der Waals surface area contributed by atoms with Gasteiger partial charge in [0.15, 0.2) is 0 Å². The van der Waals surface area contributed by atoms with Crippen molar-refractivity contribution in [3.63, 3.8) is 0 Å². The van der Waals surface area contributed by atoms with Crippen LogP contribution in [-0.2, 0) is 22.6 Å². The van der Waals surface area contributed by atoms with Crippen molar-refractivity contribution in [3.8, 4) is 0 Å². The molecule has 5 nitrogen and oxygen atoms in total. The molecule has 1 aromatic carbocycles. The van der Waals surface area contributed by atoms with Gasteiger partial charge in [-0.2, -0.15) is 0 Å². The maximum absolute atomic E-state index is 12.1. The predicted octanol–water partition coefficient (Wildman–Crippen LogP) is 2.16. The number of nitrogens with zero attached hydrogens (tertiary/aromatic N) is 1. The van der Waals surface area contributed by atoms with Crippen LogP contribution in [0.25, 0.3) is 0 Å². The van der Waals surface area contributed by atoms with Gasteiger partial charge in [0.2, 0.25) is 0 Å². The van der Waals surface area contributed by atoms with Crippen LogP contribution < -0.4 is 5.32 Å². The molecule has 3 rings (SSSR count). The highest BCUT2D eigenvalue weighted by molar-refractivity contribution is 5.75. The molecule has 0 bridgehead atoms. The summed E-state index contributed by atoms with van der Waals surface area (Å²) in [6.07, 6.45) is 1.95. The number of hydrogen-bond acceptors (Lipinski definition) is 3. The number of ether oxygens (including phenoxy) is 2. The van der Waals surface area contributed by atoms with Crippen LogP contribution in [0.5, 0.6) is 0 Å². The van der Waals surface area contributed by atoms with Gasteiger partial charge in [0.25, 0.3) is 0 Å². The number of rotatable bonds is 6. The highest BCUT2D eigenvalue weighted by Crippen LogP contribution is 2.21. The summed E-state index contributed by atoms with van der Waals surface area (Å²) < 4.78 is 10.9. The summed E-state index contributed by atoms with van der Waals surface area (Å²) in [4.78, 5) is 14.0. The summed E-state index contributed by atoms with van der Waals surface area (Å²) in [5, 5.41) is 2.97. The lowest BCUT2D eigenvalue weighted by Gasteiger charge is -2.16. The Bertz CT molecular complexity index is 475. The molecule has 0 spiro atoms. The van der Waals surface area contributed by atoms with E-state index in [0.29, 0.717) is 32.2 Å². The summed E-state index contributed by atoms with van der Waals surface area (Å²) in [5.41, 5.74) is 2.50. The molecule has 2 heterocycles. The molecule has 1 aromatic rings. The smallest absolute Gasteiger partial charge is 0.318 e. The van der Waals surface area contributed by atoms with Gasteiger partial charge in [-0.25, -0.2) is 4.79 Å². The molecular weight excluding hydrogens is 280 g/mol. The fourth-order valence-corrected chi connectivity index (χ4v) is 2.92. The third-order valence-electron chi connectivity index (χ3n) is 4.25. The lowest BCUT2D eigenvalue weighted by atomic mass is 10.1. The monoisotopic (exact) mass is 304 g/mol. The van der Waals surface area contributed by atoms with Crippen molar-refractivity contribution in [2.45, 2.75) is 25.9 Å². The second-order valence-corrected chi connectivity index (χ2v) is 6.01. The van der Waals surface area contributed by atoms with Gasteiger partial charge in [0.05, 0.1) is 13.2 Å².